The van der Waals surface area contributed by atoms with Crippen LogP contribution in [0.5, 0.6) is 0 Å². The first-order valence-electron chi connectivity index (χ1n) is 8.92. The van der Waals surface area contributed by atoms with Crippen LogP contribution in [0.3, 0.4) is 0 Å². The summed E-state index contributed by atoms with van der Waals surface area (Å²) in [6.45, 7) is 1.76. The molecule has 158 valence electrons. The van der Waals surface area contributed by atoms with Gasteiger partial charge in [-0.1, -0.05) is 36.2 Å². The van der Waals surface area contributed by atoms with E-state index in [0.717, 1.165) is 0 Å². The summed E-state index contributed by atoms with van der Waals surface area (Å²) < 4.78 is 32.1. The van der Waals surface area contributed by atoms with Crippen molar-refractivity contribution in [2.75, 3.05) is 5.75 Å². The van der Waals surface area contributed by atoms with Gasteiger partial charge in [0.1, 0.15) is 12.3 Å². The number of H-pyrrole nitrogens is 1. The zero-order valence-electron chi connectivity index (χ0n) is 15.5. The minimum absolute atomic E-state index is 0.0160. The predicted octanol–water partition coefficient (Wildman–Crippen LogP) is 1.67. The highest BCUT2D eigenvalue weighted by atomic mass is 35.5. The number of halogens is 2. The monoisotopic (exact) mass is 462 g/mol. The van der Waals surface area contributed by atoms with E-state index < -0.39 is 51.0 Å². The molecular formula is C18H20Cl2N2O6S. The van der Waals surface area contributed by atoms with Crippen LogP contribution in [0.2, 0.25) is 10.0 Å². The first kappa shape index (κ1) is 22.0. The van der Waals surface area contributed by atoms with E-state index >= 15 is 0 Å². The van der Waals surface area contributed by atoms with E-state index in [-0.39, 0.29) is 22.0 Å². The molecule has 0 radical (unpaired) electrons. The fourth-order valence-electron chi connectivity index (χ4n) is 3.23. The van der Waals surface area contributed by atoms with E-state index in [2.05, 4.69) is 4.98 Å². The van der Waals surface area contributed by atoms with Crippen molar-refractivity contribution in [1.82, 2.24) is 9.55 Å². The third-order valence-corrected chi connectivity index (χ3v) is 7.05. The molecule has 1 aromatic carbocycles. The highest BCUT2D eigenvalue weighted by Crippen LogP contribution is 2.31. The largest absolute Gasteiger partial charge is 0.390 e. The SMILES string of the molecule is CCc1cn([C@@H]2CC(O)[C@H](CS(=O)(=O)Cc3c(Cl)cccc3Cl)O2)c(=O)[nH]c1=O. The third-order valence-electron chi connectivity index (χ3n) is 4.78. The Morgan fingerprint density at radius 2 is 1.93 bits per heavy atom. The van der Waals surface area contributed by atoms with E-state index in [1.807, 2.05) is 0 Å². The lowest BCUT2D eigenvalue weighted by Gasteiger charge is -2.17. The van der Waals surface area contributed by atoms with E-state index in [9.17, 15) is 23.1 Å². The molecule has 1 aliphatic rings. The third kappa shape index (κ3) is 4.92. The minimum atomic E-state index is -3.73. The lowest BCUT2D eigenvalue weighted by Crippen LogP contribution is -2.34. The van der Waals surface area contributed by atoms with Gasteiger partial charge in [-0.2, -0.15) is 0 Å². The molecule has 2 aromatic rings. The maximum Gasteiger partial charge on any atom is 0.330 e. The van der Waals surface area contributed by atoms with E-state index in [0.29, 0.717) is 12.0 Å². The van der Waals surface area contributed by atoms with Gasteiger partial charge in [-0.3, -0.25) is 14.3 Å². The molecule has 1 aromatic heterocycles. The van der Waals surface area contributed by atoms with Gasteiger partial charge in [-0.15, -0.1) is 0 Å². The second-order valence-corrected chi connectivity index (χ2v) is 9.79. The number of aromatic amines is 1. The predicted molar refractivity (Wildman–Crippen MR) is 109 cm³/mol. The molecule has 3 rings (SSSR count). The number of ether oxygens (including phenoxy) is 1. The standard InChI is InChI=1S/C18H20Cl2N2O6S/c1-2-10-7-22(18(25)21-17(10)24)16-6-14(23)15(28-16)9-29(26,27)8-11-12(19)4-3-5-13(11)20/h3-5,7,14-16,23H,2,6,8-9H2,1H3,(H,21,24,25)/t14?,15-,16-/m0/s1. The van der Waals surface area contributed by atoms with Crippen molar-refractivity contribution in [2.24, 2.45) is 0 Å². The minimum Gasteiger partial charge on any atom is -0.390 e. The topological polar surface area (TPSA) is 118 Å². The van der Waals surface area contributed by atoms with Gasteiger partial charge >= 0.3 is 5.69 Å². The zero-order chi connectivity index (χ0) is 21.3. The van der Waals surface area contributed by atoms with Crippen molar-refractivity contribution in [2.45, 2.75) is 44.0 Å². The smallest absolute Gasteiger partial charge is 0.330 e. The summed E-state index contributed by atoms with van der Waals surface area (Å²) in [4.78, 5) is 26.0. The van der Waals surface area contributed by atoms with Crippen LogP contribution in [0.1, 0.15) is 30.7 Å². The van der Waals surface area contributed by atoms with Gasteiger partial charge in [0.25, 0.3) is 5.56 Å². The first-order valence-corrected chi connectivity index (χ1v) is 11.5. The number of sulfone groups is 1. The Balaban J connectivity index is 1.78. The summed E-state index contributed by atoms with van der Waals surface area (Å²) in [6.07, 6.45) is -1.22. The van der Waals surface area contributed by atoms with Crippen LogP contribution in [-0.4, -0.2) is 41.0 Å². The summed E-state index contributed by atoms with van der Waals surface area (Å²) in [5.41, 5.74) is -0.504. The van der Waals surface area contributed by atoms with E-state index in [1.54, 1.807) is 25.1 Å². The van der Waals surface area contributed by atoms with Crippen LogP contribution in [0, 0.1) is 0 Å². The van der Waals surface area contributed by atoms with Crippen LogP contribution in [-0.2, 0) is 26.7 Å². The highest BCUT2D eigenvalue weighted by Gasteiger charge is 2.38. The summed E-state index contributed by atoms with van der Waals surface area (Å²) >= 11 is 12.1. The summed E-state index contributed by atoms with van der Waals surface area (Å²) in [5, 5.41) is 10.8. The van der Waals surface area contributed by atoms with Gasteiger partial charge in [0.15, 0.2) is 9.84 Å². The first-order chi connectivity index (χ1) is 13.6. The van der Waals surface area contributed by atoms with Gasteiger partial charge in [-0.05, 0) is 18.6 Å². The van der Waals surface area contributed by atoms with Gasteiger partial charge < -0.3 is 9.84 Å². The average molecular weight is 463 g/mol. The Morgan fingerprint density at radius 3 is 2.55 bits per heavy atom. The Bertz CT molecular complexity index is 1110. The second-order valence-electron chi connectivity index (χ2n) is 6.86. The molecule has 1 aliphatic heterocycles. The molecule has 11 heteroatoms. The van der Waals surface area contributed by atoms with Crippen molar-refractivity contribution in [3.63, 3.8) is 0 Å². The quantitative estimate of drug-likeness (QED) is 0.673. The fraction of sp³-hybridized carbons (Fsp3) is 0.444. The molecule has 8 nitrogen and oxygen atoms in total. The number of aromatic nitrogens is 2. The molecule has 1 fully saturated rings. The molecule has 2 N–H and O–H groups in total. The molecule has 0 amide bonds. The molecule has 1 saturated heterocycles. The lowest BCUT2D eigenvalue weighted by molar-refractivity contribution is -0.00848. The Morgan fingerprint density at radius 1 is 1.28 bits per heavy atom. The molecule has 0 bridgehead atoms. The Labute approximate surface area is 177 Å². The van der Waals surface area contributed by atoms with E-state index in [4.69, 9.17) is 27.9 Å². The molecule has 0 aliphatic carbocycles. The number of nitrogens with one attached hydrogen (secondary N) is 1. The van der Waals surface area contributed by atoms with Crippen molar-refractivity contribution in [3.05, 3.63) is 66.4 Å². The van der Waals surface area contributed by atoms with Gasteiger partial charge in [0.2, 0.25) is 0 Å². The summed E-state index contributed by atoms with van der Waals surface area (Å²) in [5.74, 6) is -0.869. The number of hydrogen-bond donors (Lipinski definition) is 2. The Kier molecular flexibility index (Phi) is 6.54. The molecule has 29 heavy (non-hydrogen) atoms. The summed E-state index contributed by atoms with van der Waals surface area (Å²) in [7, 11) is -3.73. The Hall–Kier alpha value is -1.65. The molecule has 2 heterocycles. The number of aryl methyl sites for hydroxylation is 1. The zero-order valence-corrected chi connectivity index (χ0v) is 17.8. The second kappa shape index (κ2) is 8.61. The van der Waals surface area contributed by atoms with Gasteiger partial charge in [0.05, 0.1) is 17.6 Å². The van der Waals surface area contributed by atoms with Gasteiger partial charge in [0, 0.05) is 33.8 Å². The molecular weight excluding hydrogens is 443 g/mol. The number of benzene rings is 1. The van der Waals surface area contributed by atoms with Crippen molar-refractivity contribution in [3.8, 4) is 0 Å². The lowest BCUT2D eigenvalue weighted by atomic mass is 10.2. The molecule has 1 unspecified atom stereocenters. The number of aliphatic hydroxyl groups is 1. The van der Waals surface area contributed by atoms with Crippen LogP contribution in [0.4, 0.5) is 0 Å². The number of aliphatic hydroxyl groups excluding tert-OH is 1. The number of rotatable bonds is 6. The number of nitrogens with zero attached hydrogens (tertiary/aromatic N) is 1. The normalized spacial score (nSPS) is 22.1. The molecule has 0 spiro atoms. The number of hydrogen-bond acceptors (Lipinski definition) is 6. The van der Waals surface area contributed by atoms with Crippen LogP contribution < -0.4 is 11.2 Å². The maximum absolute atomic E-state index is 12.6. The van der Waals surface area contributed by atoms with E-state index in [1.165, 1.54) is 10.8 Å². The maximum atomic E-state index is 12.6. The van der Waals surface area contributed by atoms with Crippen molar-refractivity contribution in [1.29, 1.82) is 0 Å². The van der Waals surface area contributed by atoms with Crippen LogP contribution in [0.15, 0.2) is 34.0 Å². The van der Waals surface area contributed by atoms with Crippen LogP contribution in [0.25, 0.3) is 0 Å². The molecule has 0 saturated carbocycles. The molecule has 3 atom stereocenters. The van der Waals surface area contributed by atoms with Crippen molar-refractivity contribution < 1.29 is 18.3 Å². The summed E-state index contributed by atoms with van der Waals surface area (Å²) in [6, 6.07) is 4.70. The van der Waals surface area contributed by atoms with Gasteiger partial charge in [-0.25, -0.2) is 13.2 Å². The fourth-order valence-corrected chi connectivity index (χ4v) is 5.59. The van der Waals surface area contributed by atoms with Crippen molar-refractivity contribution >= 4 is 33.0 Å². The van der Waals surface area contributed by atoms with Crippen LogP contribution >= 0.6 is 23.2 Å². The average Bonchev–Trinajstić information content (AvgIpc) is 2.98. The highest BCUT2D eigenvalue weighted by molar-refractivity contribution is 7.90.